The Morgan fingerprint density at radius 3 is 2.96 bits per heavy atom. The summed E-state index contributed by atoms with van der Waals surface area (Å²) < 4.78 is 7.47. The largest absolute Gasteiger partial charge is 0.459 e. The van der Waals surface area contributed by atoms with E-state index in [0.29, 0.717) is 37.8 Å². The van der Waals surface area contributed by atoms with Crippen molar-refractivity contribution in [3.8, 4) is 0 Å². The number of aromatic nitrogens is 2. The fourth-order valence-electron chi connectivity index (χ4n) is 3.14. The molecule has 1 atom stereocenters. The summed E-state index contributed by atoms with van der Waals surface area (Å²) >= 11 is 0. The van der Waals surface area contributed by atoms with Crippen molar-refractivity contribution >= 4 is 28.8 Å². The number of furan rings is 1. The summed E-state index contributed by atoms with van der Waals surface area (Å²) in [5.74, 6) is 1.13. The van der Waals surface area contributed by atoms with Crippen LogP contribution in [0.25, 0.3) is 11.0 Å². The number of carbonyl (C=O) groups is 2. The molecule has 1 fully saturated rings. The quantitative estimate of drug-likeness (QED) is 0.609. The van der Waals surface area contributed by atoms with Crippen molar-refractivity contribution in [1.82, 2.24) is 25.3 Å². The maximum absolute atomic E-state index is 12.3. The monoisotopic (exact) mass is 382 g/mol. The summed E-state index contributed by atoms with van der Waals surface area (Å²) in [6.45, 7) is 4.37. The Labute approximate surface area is 161 Å². The van der Waals surface area contributed by atoms with Crippen molar-refractivity contribution in [2.24, 2.45) is 0 Å². The smallest absolute Gasteiger partial charge is 0.321 e. The van der Waals surface area contributed by atoms with E-state index in [4.69, 9.17) is 4.42 Å². The van der Waals surface area contributed by atoms with E-state index in [1.54, 1.807) is 21.8 Å². The average Bonchev–Trinajstić information content (AvgIpc) is 3.39. The lowest BCUT2D eigenvalue weighted by Gasteiger charge is -2.13. The van der Waals surface area contributed by atoms with Gasteiger partial charge in [-0.3, -0.25) is 10.00 Å². The van der Waals surface area contributed by atoms with Gasteiger partial charge in [0.25, 0.3) is 0 Å². The van der Waals surface area contributed by atoms with Crippen LogP contribution in [-0.2, 0) is 6.54 Å². The molecule has 4 rings (SSSR count). The van der Waals surface area contributed by atoms with Gasteiger partial charge in [0, 0.05) is 37.3 Å². The Hall–Kier alpha value is -3.49. The molecule has 0 aliphatic carbocycles. The van der Waals surface area contributed by atoms with Crippen LogP contribution in [-0.4, -0.2) is 46.4 Å². The summed E-state index contributed by atoms with van der Waals surface area (Å²) in [4.78, 5) is 25.5. The number of anilines is 1. The molecule has 2 aromatic heterocycles. The first-order valence-corrected chi connectivity index (χ1v) is 9.21. The molecule has 4 amide bonds. The molecule has 1 aliphatic heterocycles. The third-order valence-electron chi connectivity index (χ3n) is 4.65. The van der Waals surface area contributed by atoms with E-state index in [9.17, 15) is 9.59 Å². The van der Waals surface area contributed by atoms with Crippen LogP contribution in [0, 0.1) is 0 Å². The van der Waals surface area contributed by atoms with E-state index in [2.05, 4.69) is 21.0 Å². The lowest BCUT2D eigenvalue weighted by Crippen LogP contribution is -2.32. The van der Waals surface area contributed by atoms with Gasteiger partial charge in [0.1, 0.15) is 11.3 Å². The number of nitrogens with one attached hydrogen (secondary N) is 3. The Morgan fingerprint density at radius 1 is 1.32 bits per heavy atom. The molecule has 0 saturated carbocycles. The van der Waals surface area contributed by atoms with Gasteiger partial charge in [0.15, 0.2) is 5.82 Å². The Bertz CT molecular complexity index is 961. The third kappa shape index (κ3) is 3.93. The summed E-state index contributed by atoms with van der Waals surface area (Å²) in [5.41, 5.74) is 0.789. The van der Waals surface area contributed by atoms with Crippen LogP contribution in [0.3, 0.4) is 0 Å². The molecule has 0 radical (unpaired) electrons. The molecule has 3 N–H and O–H groups in total. The number of nitrogens with zero attached hydrogens (tertiary/aromatic N) is 3. The van der Waals surface area contributed by atoms with E-state index >= 15 is 0 Å². The number of rotatable bonds is 6. The van der Waals surface area contributed by atoms with Gasteiger partial charge in [-0.2, -0.15) is 5.10 Å². The summed E-state index contributed by atoms with van der Waals surface area (Å²) in [6, 6.07) is 10.6. The highest BCUT2D eigenvalue weighted by atomic mass is 16.3. The Balaban J connectivity index is 1.29. The first-order chi connectivity index (χ1) is 13.6. The Morgan fingerprint density at radius 2 is 2.18 bits per heavy atom. The zero-order valence-electron chi connectivity index (χ0n) is 15.5. The van der Waals surface area contributed by atoms with E-state index in [-0.39, 0.29) is 18.1 Å². The molecule has 0 spiro atoms. The van der Waals surface area contributed by atoms with Gasteiger partial charge in [0.05, 0.1) is 12.6 Å². The SMILES string of the molecule is C[C@H](NC(=O)Nc1ccn(CCN2CCNC2=O)n1)c1cc2ccccc2o1. The molecule has 0 unspecified atom stereocenters. The fourth-order valence-corrected chi connectivity index (χ4v) is 3.14. The van der Waals surface area contributed by atoms with E-state index < -0.39 is 0 Å². The number of urea groups is 2. The van der Waals surface area contributed by atoms with Gasteiger partial charge in [-0.15, -0.1) is 0 Å². The maximum atomic E-state index is 12.3. The molecule has 28 heavy (non-hydrogen) atoms. The molecular weight excluding hydrogens is 360 g/mol. The number of hydrogen-bond acceptors (Lipinski definition) is 4. The lowest BCUT2D eigenvalue weighted by molar-refractivity contribution is 0.215. The minimum Gasteiger partial charge on any atom is -0.459 e. The van der Waals surface area contributed by atoms with Gasteiger partial charge in [-0.1, -0.05) is 18.2 Å². The third-order valence-corrected chi connectivity index (χ3v) is 4.65. The normalized spacial score (nSPS) is 14.9. The molecule has 1 aromatic carbocycles. The van der Waals surface area contributed by atoms with Crippen molar-refractivity contribution in [3.05, 3.63) is 48.4 Å². The predicted molar refractivity (Wildman–Crippen MR) is 104 cm³/mol. The first kappa shape index (κ1) is 17.9. The van der Waals surface area contributed by atoms with E-state index in [1.165, 1.54) is 0 Å². The number of fused-ring (bicyclic) bond motifs is 1. The van der Waals surface area contributed by atoms with Gasteiger partial charge >= 0.3 is 12.1 Å². The highest BCUT2D eigenvalue weighted by Gasteiger charge is 2.19. The number of amides is 4. The minimum atomic E-state index is -0.364. The maximum Gasteiger partial charge on any atom is 0.321 e. The van der Waals surface area contributed by atoms with Crippen molar-refractivity contribution in [2.45, 2.75) is 19.5 Å². The van der Waals surface area contributed by atoms with Crippen LogP contribution in [0.5, 0.6) is 0 Å². The van der Waals surface area contributed by atoms with Crippen molar-refractivity contribution < 1.29 is 14.0 Å². The minimum absolute atomic E-state index is 0.0514. The molecule has 3 heterocycles. The number of benzene rings is 1. The highest BCUT2D eigenvalue weighted by Crippen LogP contribution is 2.23. The fraction of sp³-hybridized carbons (Fsp3) is 0.316. The standard InChI is InChI=1S/C19H22N6O3/c1-13(16-12-14-4-2-3-5-15(14)28-16)21-18(26)22-17-6-8-25(23-17)11-10-24-9-7-20-19(24)27/h2-6,8,12-13H,7,9-11H2,1H3,(H,20,27)(H2,21,22,23,26)/t13-/m0/s1. The van der Waals surface area contributed by atoms with Crippen LogP contribution in [0.4, 0.5) is 15.4 Å². The van der Waals surface area contributed by atoms with E-state index in [0.717, 1.165) is 11.0 Å². The van der Waals surface area contributed by atoms with Gasteiger partial charge < -0.3 is 20.0 Å². The van der Waals surface area contributed by atoms with Crippen LogP contribution in [0.15, 0.2) is 47.0 Å². The van der Waals surface area contributed by atoms with Crippen molar-refractivity contribution in [1.29, 1.82) is 0 Å². The number of hydrogen-bond donors (Lipinski definition) is 3. The van der Waals surface area contributed by atoms with Crippen molar-refractivity contribution in [3.63, 3.8) is 0 Å². The molecule has 146 valence electrons. The summed E-state index contributed by atoms with van der Waals surface area (Å²) in [6.07, 6.45) is 1.77. The first-order valence-electron chi connectivity index (χ1n) is 9.21. The number of carbonyl (C=O) groups excluding carboxylic acids is 2. The molecule has 9 heteroatoms. The zero-order valence-corrected chi connectivity index (χ0v) is 15.5. The molecule has 9 nitrogen and oxygen atoms in total. The molecule has 1 saturated heterocycles. The van der Waals surface area contributed by atoms with Gasteiger partial charge in [-0.25, -0.2) is 9.59 Å². The summed E-state index contributed by atoms with van der Waals surface area (Å²) in [7, 11) is 0. The number of para-hydroxylation sites is 1. The topological polar surface area (TPSA) is 104 Å². The van der Waals surface area contributed by atoms with Gasteiger partial charge in [0.2, 0.25) is 0 Å². The van der Waals surface area contributed by atoms with Gasteiger partial charge in [-0.05, 0) is 19.1 Å². The van der Waals surface area contributed by atoms with Crippen LogP contribution < -0.4 is 16.0 Å². The predicted octanol–water partition coefficient (Wildman–Crippen LogP) is 2.54. The molecule has 3 aromatic rings. The van der Waals surface area contributed by atoms with Crippen molar-refractivity contribution in [2.75, 3.05) is 25.0 Å². The summed E-state index contributed by atoms with van der Waals surface area (Å²) in [5, 5.41) is 13.6. The zero-order chi connectivity index (χ0) is 19.5. The van der Waals surface area contributed by atoms with Crippen LogP contribution in [0.1, 0.15) is 18.7 Å². The molecule has 1 aliphatic rings. The Kier molecular flexibility index (Phi) is 4.88. The second kappa shape index (κ2) is 7.63. The lowest BCUT2D eigenvalue weighted by atomic mass is 10.2. The molecular formula is C19H22N6O3. The molecule has 0 bridgehead atoms. The van der Waals surface area contributed by atoms with Crippen LogP contribution in [0.2, 0.25) is 0 Å². The van der Waals surface area contributed by atoms with E-state index in [1.807, 2.05) is 37.3 Å². The highest BCUT2D eigenvalue weighted by molar-refractivity contribution is 5.88. The average molecular weight is 382 g/mol. The second-order valence-electron chi connectivity index (χ2n) is 6.69. The van der Waals surface area contributed by atoms with Crippen LogP contribution >= 0.6 is 0 Å². The second-order valence-corrected chi connectivity index (χ2v) is 6.69.